The predicted molar refractivity (Wildman–Crippen MR) is 55.1 cm³/mol. The van der Waals surface area contributed by atoms with Crippen molar-refractivity contribution in [2.75, 3.05) is 0 Å². The van der Waals surface area contributed by atoms with Crippen LogP contribution in [-0.2, 0) is 0 Å². The first-order valence-electron chi connectivity index (χ1n) is 4.55. The molecule has 0 saturated carbocycles. The van der Waals surface area contributed by atoms with Crippen molar-refractivity contribution in [1.29, 1.82) is 0 Å². The summed E-state index contributed by atoms with van der Waals surface area (Å²) in [4.78, 5) is 0. The molecule has 12 heavy (non-hydrogen) atoms. The van der Waals surface area contributed by atoms with E-state index in [1.165, 1.54) is 11.1 Å². The first kappa shape index (κ1) is 9.31. The van der Waals surface area contributed by atoms with Gasteiger partial charge < -0.3 is 0 Å². The summed E-state index contributed by atoms with van der Waals surface area (Å²) in [5, 5.41) is 0. The second kappa shape index (κ2) is 3.30. The Morgan fingerprint density at radius 2 is 1.75 bits per heavy atom. The molecule has 0 fully saturated rings. The first-order valence-corrected chi connectivity index (χ1v) is 4.55. The van der Waals surface area contributed by atoms with E-state index in [4.69, 9.17) is 0 Å². The average molecular weight is 162 g/mol. The molecule has 0 amide bonds. The molecule has 0 heterocycles. The second-order valence-electron chi connectivity index (χ2n) is 4.43. The van der Waals surface area contributed by atoms with Gasteiger partial charge in [0.2, 0.25) is 0 Å². The molecule has 0 spiro atoms. The van der Waals surface area contributed by atoms with E-state index in [0.29, 0.717) is 0 Å². The van der Waals surface area contributed by atoms with Crippen LogP contribution in [0.2, 0.25) is 0 Å². The highest BCUT2D eigenvalue weighted by atomic mass is 14.2. The number of allylic oxidation sites excluding steroid dienone is 6. The van der Waals surface area contributed by atoms with E-state index in [2.05, 4.69) is 52.0 Å². The van der Waals surface area contributed by atoms with E-state index in [0.717, 1.165) is 6.42 Å². The molecular formula is C12H18. The van der Waals surface area contributed by atoms with Gasteiger partial charge in [0.15, 0.2) is 0 Å². The van der Waals surface area contributed by atoms with Crippen molar-refractivity contribution >= 4 is 0 Å². The van der Waals surface area contributed by atoms with Gasteiger partial charge in [-0.3, -0.25) is 0 Å². The summed E-state index contributed by atoms with van der Waals surface area (Å²) < 4.78 is 0. The van der Waals surface area contributed by atoms with E-state index in [-0.39, 0.29) is 5.41 Å². The van der Waals surface area contributed by atoms with Crippen LogP contribution in [0.25, 0.3) is 0 Å². The van der Waals surface area contributed by atoms with Gasteiger partial charge in [-0.15, -0.1) is 0 Å². The summed E-state index contributed by atoms with van der Waals surface area (Å²) in [6, 6.07) is 0. The minimum Gasteiger partial charge on any atom is -0.0778 e. The van der Waals surface area contributed by atoms with Gasteiger partial charge in [-0.1, -0.05) is 50.6 Å². The van der Waals surface area contributed by atoms with Gasteiger partial charge in [-0.25, -0.2) is 0 Å². The standard InChI is InChI=1S/C12H18/c1-10-6-5-7-11(9-8-10)12(2,3)4/h6-9H,5H2,1-4H3. The van der Waals surface area contributed by atoms with Gasteiger partial charge in [0.1, 0.15) is 0 Å². The van der Waals surface area contributed by atoms with Crippen molar-refractivity contribution in [3.8, 4) is 0 Å². The SMILES string of the molecule is CC1=CCC=C(C(C)(C)C)C=C1. The summed E-state index contributed by atoms with van der Waals surface area (Å²) in [5.74, 6) is 0. The molecule has 1 aliphatic rings. The van der Waals surface area contributed by atoms with Crippen molar-refractivity contribution in [2.24, 2.45) is 5.41 Å². The molecule has 0 atom stereocenters. The van der Waals surface area contributed by atoms with Crippen LogP contribution in [0.15, 0.2) is 35.5 Å². The number of hydrogen-bond acceptors (Lipinski definition) is 0. The maximum atomic E-state index is 2.31. The molecule has 0 bridgehead atoms. The van der Waals surface area contributed by atoms with Crippen LogP contribution in [0.5, 0.6) is 0 Å². The lowest BCUT2D eigenvalue weighted by molar-refractivity contribution is 0.515. The van der Waals surface area contributed by atoms with E-state index >= 15 is 0 Å². The zero-order valence-corrected chi connectivity index (χ0v) is 8.52. The monoisotopic (exact) mass is 162 g/mol. The van der Waals surface area contributed by atoms with Gasteiger partial charge >= 0.3 is 0 Å². The van der Waals surface area contributed by atoms with Gasteiger partial charge in [0.25, 0.3) is 0 Å². The van der Waals surface area contributed by atoms with Crippen LogP contribution >= 0.6 is 0 Å². The molecule has 0 aromatic rings. The maximum Gasteiger partial charge on any atom is -0.0135 e. The normalized spacial score (nSPS) is 18.3. The Morgan fingerprint density at radius 1 is 1.08 bits per heavy atom. The first-order chi connectivity index (χ1) is 5.50. The highest BCUT2D eigenvalue weighted by molar-refractivity contribution is 5.34. The summed E-state index contributed by atoms with van der Waals surface area (Å²) in [7, 11) is 0. The maximum absolute atomic E-state index is 2.31. The topological polar surface area (TPSA) is 0 Å². The Kier molecular flexibility index (Phi) is 2.56. The fourth-order valence-corrected chi connectivity index (χ4v) is 1.29. The fraction of sp³-hybridized carbons (Fsp3) is 0.500. The highest BCUT2D eigenvalue weighted by Crippen LogP contribution is 2.28. The van der Waals surface area contributed by atoms with Gasteiger partial charge in [-0.05, 0) is 24.3 Å². The molecule has 1 rings (SSSR count). The molecule has 0 saturated heterocycles. The fourth-order valence-electron chi connectivity index (χ4n) is 1.29. The number of hydrogen-bond donors (Lipinski definition) is 0. The van der Waals surface area contributed by atoms with Gasteiger partial charge in [0, 0.05) is 0 Å². The van der Waals surface area contributed by atoms with Crippen molar-refractivity contribution in [3.05, 3.63) is 35.5 Å². The molecule has 0 aromatic heterocycles. The largest absolute Gasteiger partial charge is 0.0778 e. The van der Waals surface area contributed by atoms with Gasteiger partial charge in [-0.2, -0.15) is 0 Å². The lowest BCUT2D eigenvalue weighted by Crippen LogP contribution is -2.06. The van der Waals surface area contributed by atoms with E-state index in [1.807, 2.05) is 0 Å². The zero-order chi connectivity index (χ0) is 9.19. The van der Waals surface area contributed by atoms with Crippen LogP contribution in [0, 0.1) is 5.41 Å². The average Bonchev–Trinajstić information content (AvgIpc) is 2.11. The lowest BCUT2D eigenvalue weighted by Gasteiger charge is -2.19. The minimum absolute atomic E-state index is 0.287. The molecular weight excluding hydrogens is 144 g/mol. The third-order valence-electron chi connectivity index (χ3n) is 2.17. The third kappa shape index (κ3) is 2.37. The van der Waals surface area contributed by atoms with Crippen LogP contribution < -0.4 is 0 Å². The summed E-state index contributed by atoms with van der Waals surface area (Å²) >= 11 is 0. The molecule has 0 aromatic carbocycles. The Balaban J connectivity index is 2.85. The quantitative estimate of drug-likeness (QED) is 0.507. The summed E-state index contributed by atoms with van der Waals surface area (Å²) in [6.45, 7) is 8.91. The summed E-state index contributed by atoms with van der Waals surface area (Å²) in [5.41, 5.74) is 3.09. The smallest absolute Gasteiger partial charge is 0.0135 e. The van der Waals surface area contributed by atoms with Crippen molar-refractivity contribution < 1.29 is 0 Å². The molecule has 0 heteroatoms. The summed E-state index contributed by atoms with van der Waals surface area (Å²) in [6.07, 6.45) is 10.1. The van der Waals surface area contributed by atoms with Gasteiger partial charge in [0.05, 0.1) is 0 Å². The van der Waals surface area contributed by atoms with Crippen molar-refractivity contribution in [2.45, 2.75) is 34.1 Å². The molecule has 0 aliphatic heterocycles. The lowest BCUT2D eigenvalue weighted by atomic mass is 9.86. The highest BCUT2D eigenvalue weighted by Gasteiger charge is 2.14. The molecule has 66 valence electrons. The Morgan fingerprint density at radius 3 is 2.33 bits per heavy atom. The van der Waals surface area contributed by atoms with Crippen molar-refractivity contribution in [3.63, 3.8) is 0 Å². The Labute approximate surface area is 75.7 Å². The molecule has 0 unspecified atom stereocenters. The number of rotatable bonds is 0. The van der Waals surface area contributed by atoms with E-state index < -0.39 is 0 Å². The van der Waals surface area contributed by atoms with E-state index in [1.54, 1.807) is 0 Å². The molecule has 0 nitrogen and oxygen atoms in total. The van der Waals surface area contributed by atoms with Crippen LogP contribution in [-0.4, -0.2) is 0 Å². The van der Waals surface area contributed by atoms with Crippen LogP contribution in [0.4, 0.5) is 0 Å². The molecule has 0 radical (unpaired) electrons. The molecule has 0 N–H and O–H groups in total. The predicted octanol–water partition coefficient (Wildman–Crippen LogP) is 3.87. The Bertz CT molecular complexity index is 244. The zero-order valence-electron chi connectivity index (χ0n) is 8.52. The second-order valence-corrected chi connectivity index (χ2v) is 4.43. The third-order valence-corrected chi connectivity index (χ3v) is 2.17. The van der Waals surface area contributed by atoms with Crippen LogP contribution in [0.1, 0.15) is 34.1 Å². The van der Waals surface area contributed by atoms with Crippen LogP contribution in [0.3, 0.4) is 0 Å². The minimum atomic E-state index is 0.287. The van der Waals surface area contributed by atoms with Crippen molar-refractivity contribution in [1.82, 2.24) is 0 Å². The molecule has 1 aliphatic carbocycles. The van der Waals surface area contributed by atoms with E-state index in [9.17, 15) is 0 Å². The Hall–Kier alpha value is -0.780.